The average Bonchev–Trinajstić information content (AvgIpc) is 3.03. The Balaban J connectivity index is 1.80. The van der Waals surface area contributed by atoms with Crippen LogP contribution in [-0.2, 0) is 17.9 Å². The molecule has 1 N–H and O–H groups in total. The predicted molar refractivity (Wildman–Crippen MR) is 95.6 cm³/mol. The number of fused-ring (bicyclic) bond motifs is 1. The second kappa shape index (κ2) is 7.48. The van der Waals surface area contributed by atoms with E-state index in [2.05, 4.69) is 15.4 Å². The zero-order valence-electron chi connectivity index (χ0n) is 13.8. The fourth-order valence-electron chi connectivity index (χ4n) is 2.49. The van der Waals surface area contributed by atoms with Crippen LogP contribution in [0.3, 0.4) is 0 Å². The van der Waals surface area contributed by atoms with Gasteiger partial charge in [-0.2, -0.15) is 5.10 Å². The quantitative estimate of drug-likeness (QED) is 0.727. The van der Waals surface area contributed by atoms with Gasteiger partial charge >= 0.3 is 0 Å². The molecule has 0 aliphatic rings. The van der Waals surface area contributed by atoms with Crippen molar-refractivity contribution in [3.63, 3.8) is 0 Å². The normalized spacial score (nSPS) is 11.0. The highest BCUT2D eigenvalue weighted by molar-refractivity contribution is 6.30. The Morgan fingerprint density at radius 3 is 2.76 bits per heavy atom. The highest BCUT2D eigenvalue weighted by atomic mass is 35.5. The lowest BCUT2D eigenvalue weighted by atomic mass is 10.2. The van der Waals surface area contributed by atoms with E-state index in [0.29, 0.717) is 42.1 Å². The number of aromatic nitrogens is 4. The van der Waals surface area contributed by atoms with Gasteiger partial charge in [0.15, 0.2) is 5.65 Å². The Morgan fingerprint density at radius 2 is 2.04 bits per heavy atom. The van der Waals surface area contributed by atoms with E-state index in [1.807, 2.05) is 12.1 Å². The fraction of sp³-hybridized carbons (Fsp3) is 0.294. The van der Waals surface area contributed by atoms with Crippen LogP contribution in [0, 0.1) is 0 Å². The minimum Gasteiger partial charge on any atom is -0.354 e. The van der Waals surface area contributed by atoms with Gasteiger partial charge in [0.1, 0.15) is 11.7 Å². The van der Waals surface area contributed by atoms with Gasteiger partial charge in [-0.3, -0.25) is 14.2 Å². The predicted octanol–water partition coefficient (Wildman–Crippen LogP) is 1.82. The van der Waals surface area contributed by atoms with E-state index in [1.165, 1.54) is 17.1 Å². The number of amides is 1. The summed E-state index contributed by atoms with van der Waals surface area (Å²) in [7, 11) is 0. The third kappa shape index (κ3) is 3.88. The van der Waals surface area contributed by atoms with Crippen LogP contribution in [0.4, 0.5) is 0 Å². The molecule has 130 valence electrons. The summed E-state index contributed by atoms with van der Waals surface area (Å²) in [5.41, 5.74) is 1.33. The summed E-state index contributed by atoms with van der Waals surface area (Å²) in [4.78, 5) is 28.3. The van der Waals surface area contributed by atoms with Crippen LogP contribution in [0.25, 0.3) is 11.0 Å². The van der Waals surface area contributed by atoms with Crippen molar-refractivity contribution < 1.29 is 4.79 Å². The van der Waals surface area contributed by atoms with Gasteiger partial charge in [-0.15, -0.1) is 0 Å². The van der Waals surface area contributed by atoms with Crippen molar-refractivity contribution in [1.82, 2.24) is 24.6 Å². The van der Waals surface area contributed by atoms with Crippen molar-refractivity contribution in [3.8, 4) is 0 Å². The highest BCUT2D eigenvalue weighted by Crippen LogP contribution is 2.11. The van der Waals surface area contributed by atoms with Crippen LogP contribution < -0.4 is 10.9 Å². The summed E-state index contributed by atoms with van der Waals surface area (Å²) in [5.74, 6) is -0.0188. The molecule has 0 fully saturated rings. The van der Waals surface area contributed by atoms with Crippen LogP contribution in [0.2, 0.25) is 5.02 Å². The summed E-state index contributed by atoms with van der Waals surface area (Å²) in [6.07, 6.45) is 3.47. The number of halogens is 1. The van der Waals surface area contributed by atoms with E-state index in [4.69, 9.17) is 11.6 Å². The van der Waals surface area contributed by atoms with E-state index in [9.17, 15) is 9.59 Å². The summed E-state index contributed by atoms with van der Waals surface area (Å²) < 4.78 is 3.16. The largest absolute Gasteiger partial charge is 0.354 e. The first-order valence-corrected chi connectivity index (χ1v) is 8.38. The number of nitrogens with zero attached hydrogens (tertiary/aromatic N) is 4. The minimum atomic E-state index is -0.149. The number of hydrogen-bond acceptors (Lipinski definition) is 4. The molecular formula is C17H18ClN5O2. The molecule has 0 aliphatic heterocycles. The summed E-state index contributed by atoms with van der Waals surface area (Å²) in [5, 5.41) is 8.10. The molecule has 0 saturated heterocycles. The van der Waals surface area contributed by atoms with Crippen LogP contribution in [0.15, 0.2) is 41.6 Å². The topological polar surface area (TPSA) is 81.8 Å². The Bertz CT molecular complexity index is 946. The first-order chi connectivity index (χ1) is 12.1. The second-order valence-electron chi connectivity index (χ2n) is 5.61. The van der Waals surface area contributed by atoms with Crippen molar-refractivity contribution in [2.24, 2.45) is 0 Å². The van der Waals surface area contributed by atoms with E-state index < -0.39 is 0 Å². The van der Waals surface area contributed by atoms with Gasteiger partial charge in [-0.05, 0) is 17.7 Å². The number of nitrogens with one attached hydrogen (secondary N) is 1. The lowest BCUT2D eigenvalue weighted by Gasteiger charge is -2.07. The van der Waals surface area contributed by atoms with Crippen LogP contribution in [0.1, 0.15) is 18.9 Å². The third-order valence-corrected chi connectivity index (χ3v) is 4.11. The van der Waals surface area contributed by atoms with Crippen molar-refractivity contribution in [2.45, 2.75) is 26.4 Å². The monoisotopic (exact) mass is 359 g/mol. The Kier molecular flexibility index (Phi) is 5.14. The molecule has 25 heavy (non-hydrogen) atoms. The second-order valence-corrected chi connectivity index (χ2v) is 6.05. The fourth-order valence-corrected chi connectivity index (χ4v) is 2.61. The molecule has 0 unspecified atom stereocenters. The maximum atomic E-state index is 12.6. The Hall–Kier alpha value is -2.67. The van der Waals surface area contributed by atoms with Crippen molar-refractivity contribution >= 4 is 28.5 Å². The van der Waals surface area contributed by atoms with E-state index in [1.54, 1.807) is 23.7 Å². The summed E-state index contributed by atoms with van der Waals surface area (Å²) in [6, 6.07) is 7.32. The first kappa shape index (κ1) is 17.2. The Morgan fingerprint density at radius 1 is 1.28 bits per heavy atom. The molecule has 1 aromatic carbocycles. The summed E-state index contributed by atoms with van der Waals surface area (Å²) >= 11 is 5.88. The van der Waals surface area contributed by atoms with Gasteiger partial charge in [0.05, 0.1) is 19.3 Å². The zero-order valence-corrected chi connectivity index (χ0v) is 14.5. The molecule has 3 aromatic rings. The van der Waals surface area contributed by atoms with Gasteiger partial charge < -0.3 is 5.32 Å². The molecule has 0 aliphatic carbocycles. The van der Waals surface area contributed by atoms with E-state index >= 15 is 0 Å². The minimum absolute atomic E-state index is 0.0188. The van der Waals surface area contributed by atoms with Gasteiger partial charge in [0, 0.05) is 18.0 Å². The standard InChI is InChI=1S/C17H18ClN5O2/c1-2-15(24)19-7-8-23-16-14(9-21-23)17(25)22(11-20-16)10-12-3-5-13(18)6-4-12/h3-6,9,11H,2,7-8,10H2,1H3,(H,19,24). The molecule has 2 heterocycles. The molecule has 3 rings (SSSR count). The molecule has 0 bridgehead atoms. The molecule has 0 spiro atoms. The van der Waals surface area contributed by atoms with Crippen molar-refractivity contribution in [3.05, 3.63) is 57.7 Å². The van der Waals surface area contributed by atoms with Gasteiger partial charge in [-0.1, -0.05) is 30.7 Å². The number of hydrogen-bond donors (Lipinski definition) is 1. The maximum absolute atomic E-state index is 12.6. The highest BCUT2D eigenvalue weighted by Gasteiger charge is 2.10. The first-order valence-electron chi connectivity index (χ1n) is 8.00. The van der Waals surface area contributed by atoms with Crippen molar-refractivity contribution in [1.29, 1.82) is 0 Å². The Labute approximate surface area is 149 Å². The number of carbonyl (C=O) groups is 1. The molecule has 2 aromatic heterocycles. The third-order valence-electron chi connectivity index (χ3n) is 3.86. The van der Waals surface area contributed by atoms with Crippen LogP contribution in [-0.4, -0.2) is 31.8 Å². The lowest BCUT2D eigenvalue weighted by Crippen LogP contribution is -2.27. The van der Waals surface area contributed by atoms with E-state index in [-0.39, 0.29) is 11.5 Å². The van der Waals surface area contributed by atoms with Crippen molar-refractivity contribution in [2.75, 3.05) is 6.54 Å². The molecule has 0 saturated carbocycles. The summed E-state index contributed by atoms with van der Waals surface area (Å²) in [6.45, 7) is 3.11. The maximum Gasteiger partial charge on any atom is 0.264 e. The molecule has 0 radical (unpaired) electrons. The van der Waals surface area contributed by atoms with Gasteiger partial charge in [-0.25, -0.2) is 9.67 Å². The SMILES string of the molecule is CCC(=O)NCCn1ncc2c(=O)n(Cc3ccc(Cl)cc3)cnc21. The number of benzene rings is 1. The van der Waals surface area contributed by atoms with Crippen LogP contribution in [0.5, 0.6) is 0 Å². The molecule has 1 amide bonds. The number of rotatable bonds is 6. The smallest absolute Gasteiger partial charge is 0.264 e. The van der Waals surface area contributed by atoms with Gasteiger partial charge in [0.25, 0.3) is 5.56 Å². The molecule has 0 atom stereocenters. The average molecular weight is 360 g/mol. The molecule has 7 nitrogen and oxygen atoms in total. The lowest BCUT2D eigenvalue weighted by molar-refractivity contribution is -0.120. The zero-order chi connectivity index (χ0) is 17.8. The molecular weight excluding hydrogens is 342 g/mol. The van der Waals surface area contributed by atoms with Gasteiger partial charge in [0.2, 0.25) is 5.91 Å². The van der Waals surface area contributed by atoms with Crippen LogP contribution >= 0.6 is 11.6 Å². The van der Waals surface area contributed by atoms with E-state index in [0.717, 1.165) is 5.56 Å². The number of carbonyl (C=O) groups excluding carboxylic acids is 1. The molecule has 8 heteroatoms.